The number of para-hydroxylation sites is 1. The molecule has 1 unspecified atom stereocenters. The van der Waals surface area contributed by atoms with Crippen LogP contribution in [0.5, 0.6) is 0 Å². The zero-order chi connectivity index (χ0) is 24.7. The van der Waals surface area contributed by atoms with Crippen molar-refractivity contribution in [3.63, 3.8) is 0 Å². The number of hydrogen-bond donors (Lipinski definition) is 1. The molecule has 0 saturated carbocycles. The van der Waals surface area contributed by atoms with Crippen molar-refractivity contribution >= 4 is 22.3 Å². The monoisotopic (exact) mass is 459 g/mol. The number of aliphatic hydroxyl groups excluding tert-OH is 1. The Balaban J connectivity index is 1.57. The summed E-state index contributed by atoms with van der Waals surface area (Å²) in [5, 5.41) is 12.0. The minimum atomic E-state index is -0.449. The van der Waals surface area contributed by atoms with Gasteiger partial charge in [0.2, 0.25) is 5.78 Å². The summed E-state index contributed by atoms with van der Waals surface area (Å²) in [4.78, 5) is 13.3. The molecule has 0 fully saturated rings. The van der Waals surface area contributed by atoms with Crippen molar-refractivity contribution in [2.45, 2.75) is 25.7 Å². The fraction of sp³-hybridized carbons (Fsp3) is 0.156. The maximum absolute atomic E-state index is 13.3. The first-order chi connectivity index (χ1) is 16.8. The molecule has 3 nitrogen and oxygen atoms in total. The quantitative estimate of drug-likeness (QED) is 0.315. The van der Waals surface area contributed by atoms with E-state index in [9.17, 15) is 9.90 Å². The SMILES string of the molecule is C=C(/C=C1/C(=O)C(c2cn(C)c3ccccc23)=C1O)C(C)(Cc1ccccc1)c1ccccc1C. The number of allylic oxidation sites excluding steroid dienone is 4. The van der Waals surface area contributed by atoms with Gasteiger partial charge in [0.15, 0.2) is 0 Å². The highest BCUT2D eigenvalue weighted by atomic mass is 16.3. The average Bonchev–Trinajstić information content (AvgIpc) is 3.19. The Bertz CT molecular complexity index is 1530. The smallest absolute Gasteiger partial charge is 0.201 e. The highest BCUT2D eigenvalue weighted by Crippen LogP contribution is 2.43. The van der Waals surface area contributed by atoms with E-state index in [1.807, 2.05) is 72.4 Å². The maximum atomic E-state index is 13.3. The molecule has 174 valence electrons. The summed E-state index contributed by atoms with van der Waals surface area (Å²) < 4.78 is 1.98. The van der Waals surface area contributed by atoms with E-state index < -0.39 is 5.41 Å². The summed E-state index contributed by atoms with van der Waals surface area (Å²) in [6.07, 6.45) is 4.42. The molecule has 0 amide bonds. The second-order valence-electron chi connectivity index (χ2n) is 9.62. The molecule has 0 aliphatic heterocycles. The number of hydrogen-bond acceptors (Lipinski definition) is 2. The van der Waals surface area contributed by atoms with Gasteiger partial charge in [-0.1, -0.05) is 86.3 Å². The summed E-state index contributed by atoms with van der Waals surface area (Å²) in [6, 6.07) is 26.5. The number of Topliss-reactive ketones (excluding diaryl/α,β-unsaturated/α-hetero) is 1. The molecule has 0 radical (unpaired) electrons. The molecular weight excluding hydrogens is 430 g/mol. The van der Waals surface area contributed by atoms with Gasteiger partial charge in [-0.2, -0.15) is 0 Å². The van der Waals surface area contributed by atoms with Gasteiger partial charge < -0.3 is 9.67 Å². The summed E-state index contributed by atoms with van der Waals surface area (Å²) in [6.45, 7) is 8.68. The third kappa shape index (κ3) is 3.74. The van der Waals surface area contributed by atoms with Crippen LogP contribution in [0, 0.1) is 6.92 Å². The molecule has 0 bridgehead atoms. The van der Waals surface area contributed by atoms with Crippen LogP contribution in [0.2, 0.25) is 0 Å². The Morgan fingerprint density at radius 1 is 1.00 bits per heavy atom. The Morgan fingerprint density at radius 3 is 2.37 bits per heavy atom. The van der Waals surface area contributed by atoms with E-state index >= 15 is 0 Å². The zero-order valence-electron chi connectivity index (χ0n) is 20.4. The predicted molar refractivity (Wildman–Crippen MR) is 143 cm³/mol. The van der Waals surface area contributed by atoms with Gasteiger partial charge >= 0.3 is 0 Å². The number of rotatable bonds is 6. The first-order valence-corrected chi connectivity index (χ1v) is 11.8. The van der Waals surface area contributed by atoms with Gasteiger partial charge in [0.1, 0.15) is 5.76 Å². The van der Waals surface area contributed by atoms with Gasteiger partial charge in [-0.3, -0.25) is 4.79 Å². The van der Waals surface area contributed by atoms with E-state index in [0.717, 1.165) is 34.0 Å². The van der Waals surface area contributed by atoms with E-state index in [-0.39, 0.29) is 11.5 Å². The lowest BCUT2D eigenvalue weighted by Gasteiger charge is -2.34. The van der Waals surface area contributed by atoms with Crippen LogP contribution >= 0.6 is 0 Å². The fourth-order valence-corrected chi connectivity index (χ4v) is 5.26. The molecule has 1 aromatic heterocycles. The van der Waals surface area contributed by atoms with E-state index in [2.05, 4.69) is 44.7 Å². The normalized spacial score (nSPS) is 16.4. The Morgan fingerprint density at radius 2 is 1.66 bits per heavy atom. The van der Waals surface area contributed by atoms with Gasteiger partial charge in [-0.25, -0.2) is 0 Å². The number of benzene rings is 3. The van der Waals surface area contributed by atoms with Crippen LogP contribution < -0.4 is 0 Å². The number of ketones is 1. The Kier molecular flexibility index (Phi) is 5.56. The van der Waals surface area contributed by atoms with Crippen LogP contribution in [0.25, 0.3) is 16.5 Å². The van der Waals surface area contributed by atoms with Crippen LogP contribution in [0.15, 0.2) is 115 Å². The average molecular weight is 460 g/mol. The van der Waals surface area contributed by atoms with Crippen molar-refractivity contribution in [3.8, 4) is 0 Å². The first-order valence-electron chi connectivity index (χ1n) is 11.8. The van der Waals surface area contributed by atoms with Gasteiger partial charge in [-0.05, 0) is 47.8 Å². The fourth-order valence-electron chi connectivity index (χ4n) is 5.26. The van der Waals surface area contributed by atoms with Gasteiger partial charge in [0.25, 0.3) is 0 Å². The molecule has 0 saturated heterocycles. The van der Waals surface area contributed by atoms with E-state index in [1.54, 1.807) is 6.08 Å². The predicted octanol–water partition coefficient (Wildman–Crippen LogP) is 7.02. The number of nitrogens with zero attached hydrogens (tertiary/aromatic N) is 1. The Hall–Kier alpha value is -4.11. The topological polar surface area (TPSA) is 42.2 Å². The van der Waals surface area contributed by atoms with Gasteiger partial charge in [-0.15, -0.1) is 0 Å². The van der Waals surface area contributed by atoms with Gasteiger partial charge in [0.05, 0.1) is 11.1 Å². The van der Waals surface area contributed by atoms with E-state index in [0.29, 0.717) is 11.1 Å². The van der Waals surface area contributed by atoms with Gasteiger partial charge in [0, 0.05) is 35.1 Å². The highest BCUT2D eigenvalue weighted by molar-refractivity contribution is 6.40. The lowest BCUT2D eigenvalue weighted by molar-refractivity contribution is -0.111. The van der Waals surface area contributed by atoms with E-state index in [4.69, 9.17) is 0 Å². The molecule has 5 rings (SSSR count). The number of fused-ring (bicyclic) bond motifs is 1. The second-order valence-corrected chi connectivity index (χ2v) is 9.62. The van der Waals surface area contributed by atoms with Crippen LogP contribution in [0.4, 0.5) is 0 Å². The number of carbonyl (C=O) groups is 1. The first kappa shape index (κ1) is 22.7. The zero-order valence-corrected chi connectivity index (χ0v) is 20.4. The molecule has 3 heteroatoms. The lowest BCUT2D eigenvalue weighted by atomic mass is 9.69. The van der Waals surface area contributed by atoms with Crippen LogP contribution in [-0.4, -0.2) is 15.5 Å². The maximum Gasteiger partial charge on any atom is 0.201 e. The molecule has 1 N–H and O–H groups in total. The van der Waals surface area contributed by atoms with Crippen molar-refractivity contribution in [2.24, 2.45) is 7.05 Å². The standard InChI is InChI=1S/C32H29NO2/c1-21-12-8-10-16-27(21)32(3,19-23-13-6-5-7-14-23)22(2)18-25-30(34)29(31(25)35)26-20-33(4)28-17-11-9-15-24(26)28/h5-18,20,34H,2,19H2,1,3-4H3/b25-18+. The molecule has 0 spiro atoms. The molecular formula is C32H29NO2. The van der Waals surface area contributed by atoms with Crippen LogP contribution in [0.1, 0.15) is 29.2 Å². The second kappa shape index (κ2) is 8.59. The van der Waals surface area contributed by atoms with Crippen molar-refractivity contribution < 1.29 is 9.90 Å². The third-order valence-corrected chi connectivity index (χ3v) is 7.30. The van der Waals surface area contributed by atoms with Crippen LogP contribution in [-0.2, 0) is 23.7 Å². The number of aryl methyl sites for hydroxylation is 2. The summed E-state index contributed by atoms with van der Waals surface area (Å²) in [5.74, 6) is -0.105. The molecule has 1 heterocycles. The minimum Gasteiger partial charge on any atom is -0.506 e. The molecule has 1 aliphatic rings. The van der Waals surface area contributed by atoms with Crippen molar-refractivity contribution in [2.75, 3.05) is 0 Å². The third-order valence-electron chi connectivity index (χ3n) is 7.30. The highest BCUT2D eigenvalue weighted by Gasteiger charge is 2.38. The van der Waals surface area contributed by atoms with Crippen molar-refractivity contribution in [1.82, 2.24) is 4.57 Å². The molecule has 3 aromatic carbocycles. The molecule has 35 heavy (non-hydrogen) atoms. The van der Waals surface area contributed by atoms with Crippen LogP contribution in [0.3, 0.4) is 0 Å². The molecule has 1 aliphatic carbocycles. The summed E-state index contributed by atoms with van der Waals surface area (Å²) in [5.41, 5.74) is 6.35. The van der Waals surface area contributed by atoms with Crippen molar-refractivity contribution in [3.05, 3.63) is 137 Å². The molecule has 4 aromatic rings. The summed E-state index contributed by atoms with van der Waals surface area (Å²) >= 11 is 0. The number of aromatic nitrogens is 1. The number of aliphatic hydroxyl groups is 1. The lowest BCUT2D eigenvalue weighted by Crippen LogP contribution is -2.29. The molecule has 1 atom stereocenters. The Labute approximate surface area is 206 Å². The largest absolute Gasteiger partial charge is 0.506 e. The summed E-state index contributed by atoms with van der Waals surface area (Å²) in [7, 11) is 1.95. The van der Waals surface area contributed by atoms with Crippen molar-refractivity contribution in [1.29, 1.82) is 0 Å². The number of carbonyl (C=O) groups excluding carboxylic acids is 1. The minimum absolute atomic E-state index is 0.0411. The van der Waals surface area contributed by atoms with E-state index in [1.165, 1.54) is 11.1 Å².